The zero-order valence-electron chi connectivity index (χ0n) is 22.4. The van der Waals surface area contributed by atoms with E-state index in [-0.39, 0.29) is 53.2 Å². The van der Waals surface area contributed by atoms with Crippen molar-refractivity contribution in [1.29, 1.82) is 0 Å². The molecule has 2 fully saturated rings. The Bertz CT molecular complexity index is 1230. The van der Waals surface area contributed by atoms with Gasteiger partial charge in [0.15, 0.2) is 5.75 Å². The molecule has 4 N–H and O–H groups in total. The minimum absolute atomic E-state index is 0.0230. The average Bonchev–Trinajstić information content (AvgIpc) is 3.25. The Labute approximate surface area is 223 Å². The first kappa shape index (κ1) is 26.2. The van der Waals surface area contributed by atoms with Crippen LogP contribution in [0.15, 0.2) is 30.3 Å². The zero-order chi connectivity index (χ0) is 27.0. The van der Waals surface area contributed by atoms with E-state index in [0.717, 1.165) is 44.3 Å². The number of carbonyl (C=O) groups is 2. The molecule has 2 aromatic rings. The number of anilines is 1. The third-order valence-electron chi connectivity index (χ3n) is 9.35. The number of benzene rings is 2. The lowest BCUT2D eigenvalue weighted by molar-refractivity contribution is -0.157. The molecule has 1 amide bonds. The summed E-state index contributed by atoms with van der Waals surface area (Å²) in [6, 6.07) is 9.52. The third-order valence-corrected chi connectivity index (χ3v) is 9.35. The van der Waals surface area contributed by atoms with Gasteiger partial charge >= 0.3 is 5.97 Å². The van der Waals surface area contributed by atoms with Crippen molar-refractivity contribution in [3.63, 3.8) is 0 Å². The lowest BCUT2D eigenvalue weighted by Gasteiger charge is -2.50. The molecule has 0 saturated heterocycles. The van der Waals surface area contributed by atoms with Crippen molar-refractivity contribution in [1.82, 2.24) is 5.32 Å². The molecule has 2 saturated carbocycles. The Kier molecular flexibility index (Phi) is 7.16. The van der Waals surface area contributed by atoms with Crippen molar-refractivity contribution in [3.8, 4) is 17.2 Å². The first-order valence-electron chi connectivity index (χ1n) is 13.6. The summed E-state index contributed by atoms with van der Waals surface area (Å²) >= 11 is 0. The van der Waals surface area contributed by atoms with Crippen LogP contribution >= 0.6 is 0 Å². The average molecular weight is 523 g/mol. The Hall–Kier alpha value is -3.42. The van der Waals surface area contributed by atoms with Crippen LogP contribution in [-0.2, 0) is 16.0 Å². The number of nitrogens with two attached hydrogens (primary N) is 1. The topological polar surface area (TPSA) is 120 Å². The minimum atomic E-state index is -0.555. The van der Waals surface area contributed by atoms with Gasteiger partial charge in [-0.3, -0.25) is 9.59 Å². The molecule has 5 atom stereocenters. The van der Waals surface area contributed by atoms with Gasteiger partial charge in [0.25, 0.3) is 5.91 Å². The lowest BCUT2D eigenvalue weighted by atomic mass is 9.55. The van der Waals surface area contributed by atoms with Crippen LogP contribution in [-0.4, -0.2) is 43.9 Å². The summed E-state index contributed by atoms with van der Waals surface area (Å²) in [4.78, 5) is 25.5. The van der Waals surface area contributed by atoms with Crippen molar-refractivity contribution in [2.45, 2.75) is 63.9 Å². The van der Waals surface area contributed by atoms with Gasteiger partial charge in [-0.15, -0.1) is 0 Å². The Morgan fingerprint density at radius 1 is 1.11 bits per heavy atom. The van der Waals surface area contributed by atoms with Crippen LogP contribution in [0.5, 0.6) is 17.2 Å². The van der Waals surface area contributed by atoms with Crippen molar-refractivity contribution in [3.05, 3.63) is 47.0 Å². The molecular formula is C30H38N2O6. The van der Waals surface area contributed by atoms with E-state index in [2.05, 4.69) is 30.4 Å². The number of aromatic hydroxyl groups is 1. The predicted octanol–water partition coefficient (Wildman–Crippen LogP) is 4.58. The number of esters is 1. The highest BCUT2D eigenvalue weighted by molar-refractivity contribution is 6.01. The fourth-order valence-corrected chi connectivity index (χ4v) is 7.39. The molecule has 0 aromatic heterocycles. The molecule has 8 nitrogen and oxygen atoms in total. The van der Waals surface area contributed by atoms with Crippen molar-refractivity contribution >= 4 is 17.6 Å². The van der Waals surface area contributed by atoms with Gasteiger partial charge < -0.3 is 30.4 Å². The van der Waals surface area contributed by atoms with E-state index in [0.29, 0.717) is 17.8 Å². The number of phenols is 1. The number of methoxy groups -OCH3 is 2. The number of amides is 1. The fraction of sp³-hybridized carbons (Fsp3) is 0.533. The number of nitrogen functional groups attached to an aromatic ring is 1. The van der Waals surface area contributed by atoms with E-state index < -0.39 is 5.91 Å². The predicted molar refractivity (Wildman–Crippen MR) is 144 cm³/mol. The van der Waals surface area contributed by atoms with Crippen LogP contribution in [0.3, 0.4) is 0 Å². The normalized spacial score (nSPS) is 27.4. The molecule has 204 valence electrons. The molecule has 3 aliphatic rings. The van der Waals surface area contributed by atoms with E-state index in [1.165, 1.54) is 30.4 Å². The van der Waals surface area contributed by atoms with E-state index in [1.54, 1.807) is 7.11 Å². The number of rotatable bonds is 7. The van der Waals surface area contributed by atoms with Gasteiger partial charge in [0.2, 0.25) is 0 Å². The number of hydrogen-bond donors (Lipinski definition) is 3. The fourth-order valence-electron chi connectivity index (χ4n) is 7.39. The second kappa shape index (κ2) is 10.4. The summed E-state index contributed by atoms with van der Waals surface area (Å²) in [5.74, 6) is 1.64. The number of phenolic OH excluding ortho intramolecular Hbond substituents is 1. The molecule has 5 rings (SSSR count). The zero-order valence-corrected chi connectivity index (χ0v) is 22.4. The monoisotopic (exact) mass is 522 g/mol. The van der Waals surface area contributed by atoms with E-state index in [4.69, 9.17) is 19.9 Å². The van der Waals surface area contributed by atoms with Crippen LogP contribution in [0, 0.1) is 17.3 Å². The second-order valence-electron chi connectivity index (χ2n) is 11.2. The molecule has 0 bridgehead atoms. The first-order chi connectivity index (χ1) is 18.3. The highest BCUT2D eigenvalue weighted by atomic mass is 16.5. The first-order valence-corrected chi connectivity index (χ1v) is 13.6. The van der Waals surface area contributed by atoms with Crippen molar-refractivity contribution < 1.29 is 28.9 Å². The van der Waals surface area contributed by atoms with Crippen LogP contribution in [0.2, 0.25) is 0 Å². The highest BCUT2D eigenvalue weighted by Gasteiger charge is 2.56. The minimum Gasteiger partial charge on any atom is -0.505 e. The smallest absolute Gasteiger partial charge is 0.307 e. The highest BCUT2D eigenvalue weighted by Crippen LogP contribution is 2.61. The van der Waals surface area contributed by atoms with Crippen molar-refractivity contribution in [2.24, 2.45) is 17.3 Å². The van der Waals surface area contributed by atoms with Crippen LogP contribution in [0.25, 0.3) is 0 Å². The number of nitrogens with one attached hydrogen (secondary N) is 1. The van der Waals surface area contributed by atoms with Gasteiger partial charge in [-0.2, -0.15) is 0 Å². The molecule has 0 aliphatic heterocycles. The molecule has 8 heteroatoms. The van der Waals surface area contributed by atoms with Gasteiger partial charge in [0, 0.05) is 12.0 Å². The number of ether oxygens (including phenoxy) is 3. The maximum absolute atomic E-state index is 12.8. The number of carbonyl (C=O) groups excluding carboxylic acids is 2. The molecule has 38 heavy (non-hydrogen) atoms. The molecule has 5 unspecified atom stereocenters. The summed E-state index contributed by atoms with van der Waals surface area (Å²) in [6.45, 7) is 2.39. The van der Waals surface area contributed by atoms with E-state index in [1.807, 2.05) is 0 Å². The maximum atomic E-state index is 12.8. The van der Waals surface area contributed by atoms with Gasteiger partial charge in [-0.1, -0.05) is 13.0 Å². The van der Waals surface area contributed by atoms with Gasteiger partial charge in [-0.25, -0.2) is 0 Å². The summed E-state index contributed by atoms with van der Waals surface area (Å²) in [7, 11) is 3.13. The number of aryl methyl sites for hydroxylation is 1. The lowest BCUT2D eigenvalue weighted by Crippen LogP contribution is -2.45. The molecular weight excluding hydrogens is 484 g/mol. The van der Waals surface area contributed by atoms with Gasteiger partial charge in [0.05, 0.1) is 26.3 Å². The summed E-state index contributed by atoms with van der Waals surface area (Å²) < 4.78 is 16.7. The maximum Gasteiger partial charge on any atom is 0.307 e. The van der Waals surface area contributed by atoms with Crippen molar-refractivity contribution in [2.75, 3.05) is 26.5 Å². The third kappa shape index (κ3) is 4.54. The standard InChI is InChI=1S/C30H38N2O6/c1-30-14-12-20-19-7-5-18(36-2)16-17(19)4-6-21(20)22(30)8-11-25(30)38-26(33)13-15-32-29(35)27-24(37-3)10-9-23(31)28(27)34/h5,7,9-10,16,20-22,25,34H,4,6,8,11-15,31H2,1-3H3,(H,32,35). The molecule has 2 aromatic carbocycles. The quantitative estimate of drug-likeness (QED) is 0.277. The van der Waals surface area contributed by atoms with Gasteiger partial charge in [-0.05, 0) is 91.7 Å². The summed E-state index contributed by atoms with van der Waals surface area (Å²) in [5, 5.41) is 12.9. The van der Waals surface area contributed by atoms with E-state index >= 15 is 0 Å². The molecule has 3 aliphatic carbocycles. The van der Waals surface area contributed by atoms with Crippen LogP contribution < -0.4 is 20.5 Å². The van der Waals surface area contributed by atoms with Crippen LogP contribution in [0.4, 0.5) is 5.69 Å². The number of hydrogen-bond acceptors (Lipinski definition) is 7. The summed E-state index contributed by atoms with van der Waals surface area (Å²) in [5.41, 5.74) is 8.63. The number of fused-ring (bicyclic) bond motifs is 5. The van der Waals surface area contributed by atoms with Gasteiger partial charge in [0.1, 0.15) is 23.2 Å². The molecule has 0 heterocycles. The summed E-state index contributed by atoms with van der Waals surface area (Å²) in [6.07, 6.45) is 6.27. The Morgan fingerprint density at radius 2 is 1.92 bits per heavy atom. The molecule has 0 radical (unpaired) electrons. The Balaban J connectivity index is 1.18. The largest absolute Gasteiger partial charge is 0.505 e. The Morgan fingerprint density at radius 3 is 2.68 bits per heavy atom. The SMILES string of the molecule is COc1ccc2c(c1)CCC1C2CCC2(C)C(OC(=O)CCNC(=O)c3c(OC)ccc(N)c3O)CCC12. The van der Waals surface area contributed by atoms with Crippen LogP contribution in [0.1, 0.15) is 72.9 Å². The second-order valence-corrected chi connectivity index (χ2v) is 11.2. The molecule has 0 spiro atoms. The van der Waals surface area contributed by atoms with E-state index in [9.17, 15) is 14.7 Å².